The van der Waals surface area contributed by atoms with Crippen molar-refractivity contribution in [1.29, 1.82) is 0 Å². The number of carbonyl (C=O) groups is 4. The highest BCUT2D eigenvalue weighted by molar-refractivity contribution is 5.87. The van der Waals surface area contributed by atoms with Gasteiger partial charge in [0.05, 0.1) is 12.0 Å². The number of hydrogen-bond acceptors (Lipinski definition) is 4. The highest BCUT2D eigenvalue weighted by Gasteiger charge is 2.43. The van der Waals surface area contributed by atoms with Gasteiger partial charge in [0.2, 0.25) is 5.91 Å². The maximum atomic E-state index is 12.4. The van der Waals surface area contributed by atoms with E-state index in [0.717, 1.165) is 4.90 Å². The van der Waals surface area contributed by atoms with Gasteiger partial charge in [0.15, 0.2) is 0 Å². The van der Waals surface area contributed by atoms with E-state index < -0.39 is 31.1 Å². The van der Waals surface area contributed by atoms with Crippen LogP contribution in [0.25, 0.3) is 0 Å². The van der Waals surface area contributed by atoms with Crippen LogP contribution in [0.2, 0.25) is 0 Å². The maximum absolute atomic E-state index is 12.4. The monoisotopic (exact) mass is 299 g/mol. The number of nitrogens with one attached hydrogen (secondary N) is 1. The Hall–Kier alpha value is -2.32. The highest BCUT2D eigenvalue weighted by Crippen LogP contribution is 2.28. The van der Waals surface area contributed by atoms with Gasteiger partial charge in [-0.25, -0.2) is 4.79 Å². The van der Waals surface area contributed by atoms with Crippen LogP contribution in [0.5, 0.6) is 0 Å². The molecule has 0 aliphatic carbocycles. The molecule has 2 fully saturated rings. The van der Waals surface area contributed by atoms with Crippen molar-refractivity contribution in [2.24, 2.45) is 5.92 Å². The Kier molecular flexibility index (Phi) is 4.29. The first-order valence-corrected chi connectivity index (χ1v) is 6.67. The van der Waals surface area contributed by atoms with E-state index >= 15 is 0 Å². The van der Waals surface area contributed by atoms with Gasteiger partial charge in [-0.1, -0.05) is 0 Å². The first-order chi connectivity index (χ1) is 9.90. The number of piperidine rings is 1. The Labute approximate surface area is 120 Å². The second-order valence-corrected chi connectivity index (χ2v) is 5.18. The predicted molar refractivity (Wildman–Crippen MR) is 68.5 cm³/mol. The molecule has 2 unspecified atom stereocenters. The lowest BCUT2D eigenvalue weighted by Crippen LogP contribution is -2.55. The smallest absolute Gasteiger partial charge is 0.323 e. The van der Waals surface area contributed by atoms with Crippen LogP contribution in [0.4, 0.5) is 4.79 Å². The molecule has 0 spiro atoms. The summed E-state index contributed by atoms with van der Waals surface area (Å²) in [5.74, 6) is -2.96. The zero-order chi connectivity index (χ0) is 15.6. The molecule has 0 aromatic heterocycles. The number of carbonyl (C=O) groups excluding carboxylic acids is 2. The number of hydrogen-bond donors (Lipinski definition) is 3. The van der Waals surface area contributed by atoms with Gasteiger partial charge in [-0.2, -0.15) is 0 Å². The standard InChI is InChI=1S/C12H17N3O6/c16-9(17)5-14(6-10(18)19)12(21)15-3-1-2-7-8(15)4-13-11(7)20/h7-8H,1-6H2,(H,13,20)(H,16,17)(H,18,19). The minimum atomic E-state index is -1.28. The first kappa shape index (κ1) is 15.1. The third kappa shape index (κ3) is 3.23. The van der Waals surface area contributed by atoms with Crippen molar-refractivity contribution in [1.82, 2.24) is 15.1 Å². The van der Waals surface area contributed by atoms with Crippen molar-refractivity contribution in [2.75, 3.05) is 26.2 Å². The molecule has 2 rings (SSSR count). The molecule has 116 valence electrons. The summed E-state index contributed by atoms with van der Waals surface area (Å²) in [6.45, 7) is -0.644. The van der Waals surface area contributed by atoms with E-state index in [1.54, 1.807) is 0 Å². The number of carboxylic acids is 2. The summed E-state index contributed by atoms with van der Waals surface area (Å²) in [4.78, 5) is 47.8. The molecule has 2 atom stereocenters. The summed E-state index contributed by atoms with van der Waals surface area (Å²) < 4.78 is 0. The third-order valence-corrected chi connectivity index (χ3v) is 3.77. The van der Waals surface area contributed by atoms with Crippen LogP contribution in [-0.2, 0) is 14.4 Å². The van der Waals surface area contributed by atoms with Gasteiger partial charge in [0.1, 0.15) is 13.1 Å². The van der Waals surface area contributed by atoms with Crippen LogP contribution >= 0.6 is 0 Å². The van der Waals surface area contributed by atoms with Crippen molar-refractivity contribution < 1.29 is 29.4 Å². The van der Waals surface area contributed by atoms with Crippen molar-refractivity contribution in [2.45, 2.75) is 18.9 Å². The topological polar surface area (TPSA) is 127 Å². The van der Waals surface area contributed by atoms with E-state index in [2.05, 4.69) is 5.32 Å². The molecule has 2 aliphatic heterocycles. The number of likely N-dealkylation sites (tertiary alicyclic amines) is 1. The van der Waals surface area contributed by atoms with Crippen LogP contribution in [0, 0.1) is 5.92 Å². The van der Waals surface area contributed by atoms with Crippen molar-refractivity contribution in [3.63, 3.8) is 0 Å². The van der Waals surface area contributed by atoms with Crippen molar-refractivity contribution in [3.8, 4) is 0 Å². The predicted octanol–water partition coefficient (Wildman–Crippen LogP) is -1.21. The number of nitrogens with zero attached hydrogens (tertiary/aromatic N) is 2. The lowest BCUT2D eigenvalue weighted by atomic mass is 9.92. The molecule has 2 aliphatic rings. The van der Waals surface area contributed by atoms with Gasteiger partial charge in [-0.3, -0.25) is 14.4 Å². The van der Waals surface area contributed by atoms with Gasteiger partial charge >= 0.3 is 18.0 Å². The van der Waals surface area contributed by atoms with Crippen LogP contribution < -0.4 is 5.32 Å². The minimum absolute atomic E-state index is 0.111. The average Bonchev–Trinajstić information content (AvgIpc) is 2.78. The minimum Gasteiger partial charge on any atom is -0.480 e. The Morgan fingerprint density at radius 1 is 1.24 bits per heavy atom. The molecule has 0 aromatic carbocycles. The summed E-state index contributed by atoms with van der Waals surface area (Å²) in [7, 11) is 0. The van der Waals surface area contributed by atoms with E-state index in [-0.39, 0.29) is 17.9 Å². The van der Waals surface area contributed by atoms with E-state index in [0.29, 0.717) is 25.9 Å². The van der Waals surface area contributed by atoms with Gasteiger partial charge in [-0.15, -0.1) is 0 Å². The Morgan fingerprint density at radius 2 is 1.86 bits per heavy atom. The largest absolute Gasteiger partial charge is 0.480 e. The molecule has 3 N–H and O–H groups in total. The number of carboxylic acid groups (broad SMARTS) is 2. The van der Waals surface area contributed by atoms with Crippen LogP contribution in [0.15, 0.2) is 0 Å². The van der Waals surface area contributed by atoms with Crippen molar-refractivity contribution >= 4 is 23.9 Å². The maximum Gasteiger partial charge on any atom is 0.323 e. The fourth-order valence-corrected chi connectivity index (χ4v) is 2.89. The third-order valence-electron chi connectivity index (χ3n) is 3.77. The first-order valence-electron chi connectivity index (χ1n) is 6.67. The molecule has 3 amide bonds. The molecule has 2 heterocycles. The van der Waals surface area contributed by atoms with Crippen LogP contribution in [0.1, 0.15) is 12.8 Å². The molecule has 9 nitrogen and oxygen atoms in total. The SMILES string of the molecule is O=C(O)CN(CC(=O)O)C(=O)N1CCCC2C(=O)NCC21. The van der Waals surface area contributed by atoms with Crippen molar-refractivity contribution in [3.05, 3.63) is 0 Å². The van der Waals surface area contributed by atoms with E-state index in [4.69, 9.17) is 10.2 Å². The summed E-state index contributed by atoms with van der Waals surface area (Å²) in [5.41, 5.74) is 0. The van der Waals surface area contributed by atoms with E-state index in [9.17, 15) is 19.2 Å². The quantitative estimate of drug-likeness (QED) is 0.597. The molecule has 2 saturated heterocycles. The number of aliphatic carboxylic acids is 2. The second kappa shape index (κ2) is 5.98. The zero-order valence-electron chi connectivity index (χ0n) is 11.3. The lowest BCUT2D eigenvalue weighted by molar-refractivity contribution is -0.141. The number of fused-ring (bicyclic) bond motifs is 1. The summed E-state index contributed by atoms with van der Waals surface area (Å²) >= 11 is 0. The van der Waals surface area contributed by atoms with Crippen LogP contribution in [-0.4, -0.2) is 76.1 Å². The van der Waals surface area contributed by atoms with E-state index in [1.807, 2.05) is 0 Å². The van der Waals surface area contributed by atoms with Gasteiger partial charge in [-0.05, 0) is 12.8 Å². The Balaban J connectivity index is 2.13. The highest BCUT2D eigenvalue weighted by atomic mass is 16.4. The fourth-order valence-electron chi connectivity index (χ4n) is 2.89. The van der Waals surface area contributed by atoms with Gasteiger partial charge < -0.3 is 25.3 Å². The van der Waals surface area contributed by atoms with Crippen LogP contribution in [0.3, 0.4) is 0 Å². The molecule has 0 saturated carbocycles. The molecule has 0 radical (unpaired) electrons. The van der Waals surface area contributed by atoms with Gasteiger partial charge in [0.25, 0.3) is 0 Å². The summed E-state index contributed by atoms with van der Waals surface area (Å²) in [5, 5.41) is 20.3. The average molecular weight is 299 g/mol. The molecule has 0 bridgehead atoms. The van der Waals surface area contributed by atoms with E-state index in [1.165, 1.54) is 4.90 Å². The molecule has 0 aromatic rings. The lowest BCUT2D eigenvalue weighted by Gasteiger charge is -2.38. The molecule has 21 heavy (non-hydrogen) atoms. The second-order valence-electron chi connectivity index (χ2n) is 5.18. The Bertz CT molecular complexity index is 464. The summed E-state index contributed by atoms with van der Waals surface area (Å²) in [6.07, 6.45) is 1.31. The Morgan fingerprint density at radius 3 is 2.43 bits per heavy atom. The molecule has 9 heteroatoms. The molecular formula is C12H17N3O6. The zero-order valence-corrected chi connectivity index (χ0v) is 11.3. The number of rotatable bonds is 4. The number of urea groups is 1. The number of amides is 3. The molecular weight excluding hydrogens is 282 g/mol. The fraction of sp³-hybridized carbons (Fsp3) is 0.667. The van der Waals surface area contributed by atoms with Gasteiger partial charge in [0, 0.05) is 13.1 Å². The normalized spacial score (nSPS) is 24.2. The summed E-state index contributed by atoms with van der Waals surface area (Å²) in [6, 6.07) is -0.977.